The first kappa shape index (κ1) is 37.9. The van der Waals surface area contributed by atoms with E-state index in [2.05, 4.69) is 118 Å². The van der Waals surface area contributed by atoms with Crippen LogP contribution < -0.4 is 32.8 Å². The van der Waals surface area contributed by atoms with Gasteiger partial charge in [0.15, 0.2) is 0 Å². The molecule has 12 radical (unpaired) electrons. The predicted octanol–water partition coefficient (Wildman–Crippen LogP) is 7.31. The van der Waals surface area contributed by atoms with Crippen molar-refractivity contribution in [3.8, 4) is 55.9 Å². The van der Waals surface area contributed by atoms with Gasteiger partial charge in [0.05, 0.1) is 11.0 Å². The number of rotatable bonds is 6. The lowest BCUT2D eigenvalue weighted by atomic mass is 9.63. The lowest BCUT2D eigenvalue weighted by Gasteiger charge is -2.24. The Morgan fingerprint density at radius 3 is 1.10 bits per heavy atom. The van der Waals surface area contributed by atoms with Crippen LogP contribution in [0.2, 0.25) is 0 Å². The third-order valence-corrected chi connectivity index (χ3v) is 12.4. The maximum atomic E-state index is 7.42. The maximum absolute atomic E-state index is 7.42. The van der Waals surface area contributed by atoms with Gasteiger partial charge in [0.1, 0.15) is 47.1 Å². The van der Waals surface area contributed by atoms with E-state index in [-0.39, 0.29) is 10.9 Å². The highest BCUT2D eigenvalue weighted by Gasteiger charge is 2.26. The molecule has 274 valence electrons. The standard InChI is InChI=1S/C54H30B6N2/c55-47-43-39-18-10-11-19-41(39)61(37-25-20-34(21-26-37)31-12-4-1-5-13-31)53(43)51(59)49(57)45(47)46-48(56)44-40-29-24-36(33-16-8-3-9-17-33)30-42(40)62(54(44)52(60)50(46)58)38-27-22-35(23-28-38)32-14-6-2-7-15-32/h1-30H. The van der Waals surface area contributed by atoms with Gasteiger partial charge in [-0.25, -0.2) is 0 Å². The summed E-state index contributed by atoms with van der Waals surface area (Å²) < 4.78 is 4.27. The Kier molecular flexibility index (Phi) is 9.09. The molecule has 0 amide bonds. The second-order valence-corrected chi connectivity index (χ2v) is 15.8. The zero-order chi connectivity index (χ0) is 42.2. The topological polar surface area (TPSA) is 9.86 Å². The van der Waals surface area contributed by atoms with Gasteiger partial charge in [0.25, 0.3) is 0 Å². The van der Waals surface area contributed by atoms with Crippen LogP contribution in [0.25, 0.3) is 99.5 Å². The lowest BCUT2D eigenvalue weighted by Crippen LogP contribution is -2.41. The highest BCUT2D eigenvalue weighted by molar-refractivity contribution is 6.65. The van der Waals surface area contributed by atoms with Gasteiger partial charge in [-0.1, -0.05) is 178 Å². The van der Waals surface area contributed by atoms with Crippen LogP contribution in [0, 0.1) is 0 Å². The fourth-order valence-electron chi connectivity index (χ4n) is 9.40. The predicted molar refractivity (Wildman–Crippen MR) is 269 cm³/mol. The average Bonchev–Trinajstić information content (AvgIpc) is 3.86. The summed E-state index contributed by atoms with van der Waals surface area (Å²) in [6.45, 7) is 0. The van der Waals surface area contributed by atoms with E-state index in [4.69, 9.17) is 47.1 Å². The molecule has 0 bridgehead atoms. The molecule has 0 unspecified atom stereocenters. The third-order valence-electron chi connectivity index (χ3n) is 12.4. The smallest absolute Gasteiger partial charge is 0.115 e. The molecule has 0 fully saturated rings. The molecule has 0 atom stereocenters. The Bertz CT molecular complexity index is 3540. The molecule has 2 aromatic heterocycles. The van der Waals surface area contributed by atoms with Gasteiger partial charge in [-0.2, -0.15) is 0 Å². The van der Waals surface area contributed by atoms with Gasteiger partial charge in [0.2, 0.25) is 0 Å². The molecular weight excluding hydrogens is 741 g/mol. The summed E-state index contributed by atoms with van der Waals surface area (Å²) in [6.07, 6.45) is 0. The van der Waals surface area contributed by atoms with Crippen LogP contribution in [-0.4, -0.2) is 56.2 Å². The fourth-order valence-corrected chi connectivity index (χ4v) is 9.40. The zero-order valence-corrected chi connectivity index (χ0v) is 33.7. The molecule has 0 spiro atoms. The van der Waals surface area contributed by atoms with Crippen molar-refractivity contribution in [2.24, 2.45) is 0 Å². The largest absolute Gasteiger partial charge is 0.310 e. The van der Waals surface area contributed by atoms with E-state index < -0.39 is 0 Å². The molecule has 0 N–H and O–H groups in total. The molecule has 0 aliphatic heterocycles. The van der Waals surface area contributed by atoms with E-state index in [0.29, 0.717) is 44.0 Å². The molecule has 11 rings (SSSR count). The monoisotopic (exact) mass is 772 g/mol. The minimum absolute atomic E-state index is 0.264. The Hall–Kier alpha value is -7.03. The second kappa shape index (κ2) is 14.9. The van der Waals surface area contributed by atoms with Crippen LogP contribution >= 0.6 is 0 Å². The molecule has 0 aliphatic carbocycles. The highest BCUT2D eigenvalue weighted by atomic mass is 15.0. The first-order valence-corrected chi connectivity index (χ1v) is 20.5. The number of hydrogen-bond acceptors (Lipinski definition) is 0. The molecule has 8 heteroatoms. The van der Waals surface area contributed by atoms with E-state index in [0.717, 1.165) is 77.3 Å². The molecule has 62 heavy (non-hydrogen) atoms. The number of nitrogens with zero attached hydrogens (tertiary/aromatic N) is 2. The van der Waals surface area contributed by atoms with Crippen molar-refractivity contribution in [2.75, 3.05) is 0 Å². The number of hydrogen-bond donors (Lipinski definition) is 0. The van der Waals surface area contributed by atoms with Crippen molar-refractivity contribution in [1.82, 2.24) is 9.13 Å². The van der Waals surface area contributed by atoms with Crippen molar-refractivity contribution < 1.29 is 0 Å². The van der Waals surface area contributed by atoms with Crippen molar-refractivity contribution in [2.45, 2.75) is 0 Å². The van der Waals surface area contributed by atoms with Gasteiger partial charge in [-0.15, -0.1) is 0 Å². The summed E-state index contributed by atoms with van der Waals surface area (Å²) >= 11 is 0. The molecule has 0 saturated heterocycles. The summed E-state index contributed by atoms with van der Waals surface area (Å²) in [5.41, 5.74) is 14.6. The van der Waals surface area contributed by atoms with Crippen molar-refractivity contribution >= 4 is 123 Å². The average molecular weight is 772 g/mol. The quantitative estimate of drug-likeness (QED) is 0.157. The molecule has 9 aromatic carbocycles. The normalized spacial score (nSPS) is 11.6. The molecule has 11 aromatic rings. The third kappa shape index (κ3) is 5.81. The van der Waals surface area contributed by atoms with E-state index in [1.165, 1.54) is 0 Å². The van der Waals surface area contributed by atoms with Crippen molar-refractivity contribution in [3.63, 3.8) is 0 Å². The Morgan fingerprint density at radius 2 is 0.629 bits per heavy atom. The summed E-state index contributed by atoms with van der Waals surface area (Å²) in [4.78, 5) is 0. The van der Waals surface area contributed by atoms with Crippen LogP contribution in [0.1, 0.15) is 0 Å². The van der Waals surface area contributed by atoms with Crippen molar-refractivity contribution in [1.29, 1.82) is 0 Å². The SMILES string of the molecule is [B]c1c(-c2c([B])c([B])c3c(c2[B])c2ccc(-c4ccccc4)cc2n3-c2ccc(-c3ccccc3)cc2)c([B])c2c3ccccc3n(-c3ccc(-c4ccccc4)cc3)c2c1[B]. The summed E-state index contributed by atoms with van der Waals surface area (Å²) in [5, 5.41) is 3.31. The molecule has 2 heterocycles. The number of para-hydroxylation sites is 1. The van der Waals surface area contributed by atoms with Crippen LogP contribution in [0.15, 0.2) is 182 Å². The van der Waals surface area contributed by atoms with Gasteiger partial charge in [0, 0.05) is 44.0 Å². The zero-order valence-electron chi connectivity index (χ0n) is 33.7. The number of benzene rings is 9. The van der Waals surface area contributed by atoms with Crippen LogP contribution in [0.4, 0.5) is 0 Å². The molecular formula is C54H30B6N2. The summed E-state index contributed by atoms with van der Waals surface area (Å²) in [5.74, 6) is 0. The highest BCUT2D eigenvalue weighted by Crippen LogP contribution is 2.37. The second-order valence-electron chi connectivity index (χ2n) is 15.8. The van der Waals surface area contributed by atoms with E-state index in [1.807, 2.05) is 72.8 Å². The van der Waals surface area contributed by atoms with Crippen LogP contribution in [0.5, 0.6) is 0 Å². The molecule has 2 nitrogen and oxygen atoms in total. The Labute approximate surface area is 368 Å². The van der Waals surface area contributed by atoms with Gasteiger partial charge < -0.3 is 9.13 Å². The first-order chi connectivity index (χ1) is 30.3. The van der Waals surface area contributed by atoms with Gasteiger partial charge in [-0.05, 0) is 80.9 Å². The number of fused-ring (bicyclic) bond motifs is 6. The van der Waals surface area contributed by atoms with E-state index in [9.17, 15) is 0 Å². The Morgan fingerprint density at radius 1 is 0.274 bits per heavy atom. The number of aromatic nitrogens is 2. The van der Waals surface area contributed by atoms with Gasteiger partial charge >= 0.3 is 0 Å². The maximum Gasteiger partial charge on any atom is 0.115 e. The van der Waals surface area contributed by atoms with Gasteiger partial charge in [-0.3, -0.25) is 0 Å². The molecule has 0 aliphatic rings. The summed E-state index contributed by atoms with van der Waals surface area (Å²) in [6, 6.07) is 62.2. The first-order valence-electron chi connectivity index (χ1n) is 20.5. The van der Waals surface area contributed by atoms with E-state index in [1.54, 1.807) is 0 Å². The van der Waals surface area contributed by atoms with Crippen molar-refractivity contribution in [3.05, 3.63) is 182 Å². The van der Waals surface area contributed by atoms with E-state index >= 15 is 0 Å². The molecule has 0 saturated carbocycles. The summed E-state index contributed by atoms with van der Waals surface area (Å²) in [7, 11) is 43.6. The van der Waals surface area contributed by atoms with Crippen LogP contribution in [-0.2, 0) is 0 Å². The Balaban J connectivity index is 1.16. The minimum atomic E-state index is 0.264. The van der Waals surface area contributed by atoms with Crippen LogP contribution in [0.3, 0.4) is 0 Å². The lowest BCUT2D eigenvalue weighted by molar-refractivity contribution is 1.19. The minimum Gasteiger partial charge on any atom is -0.310 e. The fraction of sp³-hybridized carbons (Fsp3) is 0.